The van der Waals surface area contributed by atoms with Crippen LogP contribution in [0.5, 0.6) is 0 Å². The van der Waals surface area contributed by atoms with Crippen molar-refractivity contribution in [3.05, 3.63) is 57.4 Å². The summed E-state index contributed by atoms with van der Waals surface area (Å²) in [6.45, 7) is 8.89. The Kier molecular flexibility index (Phi) is 4.78. The highest BCUT2D eigenvalue weighted by atomic mass is 16.3. The van der Waals surface area contributed by atoms with E-state index < -0.39 is 11.6 Å². The van der Waals surface area contributed by atoms with Crippen molar-refractivity contribution in [2.45, 2.75) is 34.6 Å². The summed E-state index contributed by atoms with van der Waals surface area (Å²) in [7, 11) is 0. The summed E-state index contributed by atoms with van der Waals surface area (Å²) in [5.74, 6) is -1.56. The number of allylic oxidation sites excluding steroid dienone is 3. The lowest BCUT2D eigenvalue weighted by Crippen LogP contribution is -2.27. The molecule has 4 heteroatoms. The number of Topliss-reactive ketones (excluding diaryl/α,β-unsaturated/α-hetero) is 2. The number of hydrogen-bond acceptors (Lipinski definition) is 4. The average Bonchev–Trinajstić information content (AvgIpc) is 2.50. The summed E-state index contributed by atoms with van der Waals surface area (Å²) in [6, 6.07) is 3.44. The Morgan fingerprint density at radius 3 is 2.29 bits per heavy atom. The van der Waals surface area contributed by atoms with Crippen LogP contribution in [0.15, 0.2) is 35.1 Å². The first-order valence-electron chi connectivity index (χ1n) is 7.87. The van der Waals surface area contributed by atoms with Gasteiger partial charge in [0.15, 0.2) is 0 Å². The lowest BCUT2D eigenvalue weighted by atomic mass is 9.80. The van der Waals surface area contributed by atoms with E-state index in [1.165, 1.54) is 6.08 Å². The Balaban J connectivity index is 2.75. The van der Waals surface area contributed by atoms with Crippen LogP contribution in [-0.4, -0.2) is 21.8 Å². The molecular weight excluding hydrogens is 304 g/mol. The number of aliphatic hydroxyl groups excluding tert-OH is 2. The molecule has 0 fully saturated rings. The van der Waals surface area contributed by atoms with Crippen LogP contribution in [0.2, 0.25) is 0 Å². The van der Waals surface area contributed by atoms with Crippen molar-refractivity contribution < 1.29 is 19.8 Å². The number of aliphatic hydroxyl groups is 2. The Bertz CT molecular complexity index is 816. The van der Waals surface area contributed by atoms with Crippen LogP contribution in [0.4, 0.5) is 0 Å². The molecule has 2 rings (SSSR count). The second-order valence-corrected chi connectivity index (χ2v) is 6.51. The zero-order valence-corrected chi connectivity index (χ0v) is 14.6. The fourth-order valence-electron chi connectivity index (χ4n) is 2.73. The summed E-state index contributed by atoms with van der Waals surface area (Å²) >= 11 is 0. The molecule has 126 valence electrons. The fourth-order valence-corrected chi connectivity index (χ4v) is 2.73. The van der Waals surface area contributed by atoms with Crippen molar-refractivity contribution in [3.8, 4) is 0 Å². The quantitative estimate of drug-likeness (QED) is 0.485. The lowest BCUT2D eigenvalue weighted by Gasteiger charge is -2.22. The maximum Gasteiger partial charge on any atom is 0.234 e. The molecule has 0 bridgehead atoms. The molecule has 1 aliphatic rings. The smallest absolute Gasteiger partial charge is 0.234 e. The lowest BCUT2D eigenvalue weighted by molar-refractivity contribution is -0.112. The van der Waals surface area contributed by atoms with Crippen molar-refractivity contribution in [2.24, 2.45) is 5.92 Å². The van der Waals surface area contributed by atoms with Crippen LogP contribution in [0, 0.1) is 12.8 Å². The van der Waals surface area contributed by atoms with E-state index in [9.17, 15) is 19.8 Å². The standard InChI is InChI=1S/C20H22O4/c1-10(2)15(21)9-8-13-12(5)6-7-14-17(13)20(24)19(23)16(11(3)4)18(14)22/h6-9,11,21-22H,1-5H3/b9-8+. The molecule has 24 heavy (non-hydrogen) atoms. The van der Waals surface area contributed by atoms with Gasteiger partial charge in [0.25, 0.3) is 0 Å². The zero-order chi connectivity index (χ0) is 18.2. The van der Waals surface area contributed by atoms with Crippen LogP contribution in [0.1, 0.15) is 54.7 Å². The van der Waals surface area contributed by atoms with Crippen LogP contribution in [0.3, 0.4) is 0 Å². The Labute approximate surface area is 141 Å². The van der Waals surface area contributed by atoms with Gasteiger partial charge in [-0.1, -0.05) is 32.1 Å². The second kappa shape index (κ2) is 6.48. The molecule has 0 saturated heterocycles. The first kappa shape index (κ1) is 17.7. The largest absolute Gasteiger partial charge is 0.508 e. The molecule has 0 spiro atoms. The van der Waals surface area contributed by atoms with Crippen molar-refractivity contribution in [1.82, 2.24) is 0 Å². The van der Waals surface area contributed by atoms with Gasteiger partial charge in [-0.3, -0.25) is 9.59 Å². The zero-order valence-electron chi connectivity index (χ0n) is 14.6. The molecule has 0 atom stereocenters. The van der Waals surface area contributed by atoms with Crippen LogP contribution < -0.4 is 0 Å². The first-order valence-corrected chi connectivity index (χ1v) is 7.87. The summed E-state index contributed by atoms with van der Waals surface area (Å²) in [5, 5.41) is 20.3. The number of ketones is 2. The maximum atomic E-state index is 12.6. The Hall–Kier alpha value is -2.62. The molecule has 0 aromatic heterocycles. The molecule has 1 aromatic rings. The predicted octanol–water partition coefficient (Wildman–Crippen LogP) is 4.55. The highest BCUT2D eigenvalue weighted by Crippen LogP contribution is 2.35. The second-order valence-electron chi connectivity index (χ2n) is 6.51. The number of benzene rings is 1. The number of carbonyl (C=O) groups excluding carboxylic acids is 2. The summed E-state index contributed by atoms with van der Waals surface area (Å²) in [4.78, 5) is 25.0. The van der Waals surface area contributed by atoms with Crippen LogP contribution >= 0.6 is 0 Å². The minimum absolute atomic E-state index is 0.101. The number of aryl methyl sites for hydroxylation is 1. The Morgan fingerprint density at radius 2 is 1.75 bits per heavy atom. The predicted molar refractivity (Wildman–Crippen MR) is 94.9 cm³/mol. The van der Waals surface area contributed by atoms with Gasteiger partial charge in [0.1, 0.15) is 11.5 Å². The van der Waals surface area contributed by atoms with E-state index in [-0.39, 0.29) is 28.6 Å². The van der Waals surface area contributed by atoms with E-state index in [0.717, 1.165) is 11.1 Å². The third-order valence-electron chi connectivity index (χ3n) is 4.15. The molecule has 4 nitrogen and oxygen atoms in total. The van der Waals surface area contributed by atoms with Crippen molar-refractivity contribution in [1.29, 1.82) is 0 Å². The number of fused-ring (bicyclic) bond motifs is 1. The first-order chi connectivity index (χ1) is 11.2. The van der Waals surface area contributed by atoms with Gasteiger partial charge in [-0.15, -0.1) is 0 Å². The minimum atomic E-state index is -0.665. The van der Waals surface area contributed by atoms with E-state index in [2.05, 4.69) is 0 Å². The van der Waals surface area contributed by atoms with Crippen molar-refractivity contribution in [2.75, 3.05) is 0 Å². The number of rotatable bonds is 3. The van der Waals surface area contributed by atoms with E-state index >= 15 is 0 Å². The molecule has 0 heterocycles. The van der Waals surface area contributed by atoms with Crippen molar-refractivity contribution in [3.63, 3.8) is 0 Å². The molecule has 2 N–H and O–H groups in total. The topological polar surface area (TPSA) is 74.6 Å². The molecule has 0 aliphatic heterocycles. The van der Waals surface area contributed by atoms with Crippen LogP contribution in [-0.2, 0) is 4.79 Å². The van der Waals surface area contributed by atoms with Crippen LogP contribution in [0.25, 0.3) is 11.8 Å². The van der Waals surface area contributed by atoms with Gasteiger partial charge in [0.05, 0.1) is 0 Å². The van der Waals surface area contributed by atoms with Gasteiger partial charge in [-0.2, -0.15) is 0 Å². The third-order valence-corrected chi connectivity index (χ3v) is 4.15. The maximum absolute atomic E-state index is 12.6. The summed E-state index contributed by atoms with van der Waals surface area (Å²) in [6.07, 6.45) is 3.10. The summed E-state index contributed by atoms with van der Waals surface area (Å²) in [5.41, 5.74) is 2.77. The van der Waals surface area contributed by atoms with Gasteiger partial charge in [0.2, 0.25) is 11.6 Å². The minimum Gasteiger partial charge on any atom is -0.508 e. The van der Waals surface area contributed by atoms with Gasteiger partial charge in [-0.25, -0.2) is 0 Å². The molecule has 0 unspecified atom stereocenters. The highest BCUT2D eigenvalue weighted by Gasteiger charge is 2.35. The highest BCUT2D eigenvalue weighted by molar-refractivity contribution is 6.52. The molecular formula is C20H22O4. The van der Waals surface area contributed by atoms with Gasteiger partial charge < -0.3 is 10.2 Å². The Morgan fingerprint density at radius 1 is 1.12 bits per heavy atom. The summed E-state index contributed by atoms with van der Waals surface area (Å²) < 4.78 is 0. The third kappa shape index (κ3) is 2.92. The molecule has 0 saturated carbocycles. The fraction of sp³-hybridized carbons (Fsp3) is 0.300. The molecule has 1 aliphatic carbocycles. The van der Waals surface area contributed by atoms with E-state index in [4.69, 9.17) is 0 Å². The van der Waals surface area contributed by atoms with Crippen molar-refractivity contribution >= 4 is 23.4 Å². The van der Waals surface area contributed by atoms with Gasteiger partial charge in [-0.05, 0) is 49.5 Å². The van der Waals surface area contributed by atoms with Gasteiger partial charge in [0, 0.05) is 16.7 Å². The molecule has 1 aromatic carbocycles. The van der Waals surface area contributed by atoms with E-state index in [0.29, 0.717) is 11.1 Å². The average molecular weight is 326 g/mol. The number of hydrogen-bond donors (Lipinski definition) is 2. The SMILES string of the molecule is CC(C)=C(O)/C=C/c1c(C)ccc2c1C(=O)C(=O)C(C(C)C)=C2O. The monoisotopic (exact) mass is 326 g/mol. The number of carbonyl (C=O) groups is 2. The van der Waals surface area contributed by atoms with Gasteiger partial charge >= 0.3 is 0 Å². The van der Waals surface area contributed by atoms with E-state index in [1.807, 2.05) is 6.92 Å². The molecule has 0 amide bonds. The van der Waals surface area contributed by atoms with E-state index in [1.54, 1.807) is 45.9 Å². The molecule has 0 radical (unpaired) electrons. The normalized spacial score (nSPS) is 14.6.